The average Bonchev–Trinajstić information content (AvgIpc) is 3.39. The normalized spacial score (nSPS) is 23.6. The minimum Gasteiger partial charge on any atom is -0.465 e. The number of thioether (sulfide) groups is 1. The second-order valence-electron chi connectivity index (χ2n) is 8.44. The minimum atomic E-state index is -4.62. The molecule has 1 spiro atoms. The van der Waals surface area contributed by atoms with Gasteiger partial charge in [-0.2, -0.15) is 24.9 Å². The number of esters is 1. The zero-order valence-electron chi connectivity index (χ0n) is 18.8. The summed E-state index contributed by atoms with van der Waals surface area (Å²) in [7, 11) is 1.11. The Balaban J connectivity index is 1.57. The van der Waals surface area contributed by atoms with E-state index in [1.165, 1.54) is 0 Å². The second kappa shape index (κ2) is 9.55. The first-order valence-corrected chi connectivity index (χ1v) is 13.0. The van der Waals surface area contributed by atoms with Crippen LogP contribution in [0.25, 0.3) is 0 Å². The molecule has 4 rings (SSSR count). The number of thiophene rings is 1. The van der Waals surface area contributed by atoms with E-state index in [9.17, 15) is 18.0 Å². The number of carbonyl (C=O) groups excluding carboxylic acids is 1. The summed E-state index contributed by atoms with van der Waals surface area (Å²) in [6, 6.07) is 0.0547. The number of fused-ring (bicyclic) bond motifs is 2. The lowest BCUT2D eigenvalue weighted by molar-refractivity contribution is -0.134. The number of alkyl halides is 3. The van der Waals surface area contributed by atoms with Crippen molar-refractivity contribution in [1.82, 2.24) is 19.9 Å². The van der Waals surface area contributed by atoms with Crippen LogP contribution in [0.2, 0.25) is 0 Å². The van der Waals surface area contributed by atoms with E-state index in [1.54, 1.807) is 11.8 Å². The number of carbonyl (C=O) groups is 1. The van der Waals surface area contributed by atoms with Crippen LogP contribution >= 0.6 is 23.1 Å². The predicted molar refractivity (Wildman–Crippen MR) is 120 cm³/mol. The first-order chi connectivity index (χ1) is 15.7. The lowest BCUT2D eigenvalue weighted by Crippen LogP contribution is -2.50. The molecular formula is C21H27F3N4O3S2. The number of aryl methyl sites for hydroxylation is 1. The first-order valence-electron chi connectivity index (χ1n) is 10.8. The topological polar surface area (TPSA) is 69.5 Å². The molecule has 4 heterocycles. The lowest BCUT2D eigenvalue weighted by Gasteiger charge is -2.47. The molecule has 1 unspecified atom stereocenters. The highest BCUT2D eigenvalue weighted by Crippen LogP contribution is 2.51. The Morgan fingerprint density at radius 1 is 1.45 bits per heavy atom. The van der Waals surface area contributed by atoms with Crippen molar-refractivity contribution in [1.29, 1.82) is 0 Å². The van der Waals surface area contributed by atoms with Crippen LogP contribution in [-0.4, -0.2) is 64.2 Å². The molecule has 12 heteroatoms. The molecule has 1 fully saturated rings. The maximum absolute atomic E-state index is 13.8. The monoisotopic (exact) mass is 504 g/mol. The SMILES string of the molecule is COC(=O)c1c(C(F)(F)F)sc2c1CCOC21CCN(Cc2cn(CCSC)nn2)[C@@H](C)C1. The fourth-order valence-corrected chi connectivity index (χ4v) is 6.50. The molecule has 0 aromatic carbocycles. The molecule has 2 atom stereocenters. The molecule has 2 aromatic rings. The summed E-state index contributed by atoms with van der Waals surface area (Å²) in [4.78, 5) is 14.2. The van der Waals surface area contributed by atoms with Crippen LogP contribution in [0.15, 0.2) is 6.20 Å². The number of rotatable bonds is 6. The molecule has 0 N–H and O–H groups in total. The summed E-state index contributed by atoms with van der Waals surface area (Å²) in [5.41, 5.74) is 0.135. The Kier molecular flexibility index (Phi) is 7.09. The van der Waals surface area contributed by atoms with Crippen molar-refractivity contribution in [3.05, 3.63) is 32.8 Å². The zero-order valence-corrected chi connectivity index (χ0v) is 20.4. The molecule has 2 aliphatic rings. The van der Waals surface area contributed by atoms with Gasteiger partial charge in [0.15, 0.2) is 0 Å². The largest absolute Gasteiger partial charge is 0.465 e. The number of piperidine rings is 1. The third-order valence-corrected chi connectivity index (χ3v) is 8.38. The van der Waals surface area contributed by atoms with Crippen molar-refractivity contribution < 1.29 is 27.4 Å². The van der Waals surface area contributed by atoms with Gasteiger partial charge < -0.3 is 9.47 Å². The van der Waals surface area contributed by atoms with Gasteiger partial charge in [-0.3, -0.25) is 9.58 Å². The van der Waals surface area contributed by atoms with E-state index in [2.05, 4.69) is 22.1 Å². The highest BCUT2D eigenvalue weighted by Gasteiger charge is 2.50. The molecule has 0 saturated carbocycles. The van der Waals surface area contributed by atoms with Crippen LogP contribution in [0.4, 0.5) is 13.2 Å². The molecule has 33 heavy (non-hydrogen) atoms. The summed E-state index contributed by atoms with van der Waals surface area (Å²) in [6.45, 7) is 4.39. The number of hydrogen-bond donors (Lipinski definition) is 0. The smallest absolute Gasteiger partial charge is 0.426 e. The molecular weight excluding hydrogens is 477 g/mol. The Bertz CT molecular complexity index is 1010. The van der Waals surface area contributed by atoms with Gasteiger partial charge in [0.2, 0.25) is 0 Å². The van der Waals surface area contributed by atoms with Crippen LogP contribution in [0.1, 0.15) is 51.1 Å². The minimum absolute atomic E-state index is 0.0547. The van der Waals surface area contributed by atoms with Gasteiger partial charge in [-0.05, 0) is 38.0 Å². The van der Waals surface area contributed by atoms with Crippen molar-refractivity contribution in [3.63, 3.8) is 0 Å². The fraction of sp³-hybridized carbons (Fsp3) is 0.667. The van der Waals surface area contributed by atoms with Crippen LogP contribution in [0, 0.1) is 0 Å². The van der Waals surface area contributed by atoms with Gasteiger partial charge in [-0.15, -0.1) is 16.4 Å². The first kappa shape index (κ1) is 24.5. The number of hydrogen-bond acceptors (Lipinski definition) is 8. The van der Waals surface area contributed by atoms with Crippen LogP contribution in [0.5, 0.6) is 0 Å². The number of aromatic nitrogens is 3. The van der Waals surface area contributed by atoms with Gasteiger partial charge in [0.25, 0.3) is 0 Å². The third-order valence-electron chi connectivity index (χ3n) is 6.33. The Morgan fingerprint density at radius 3 is 2.91 bits per heavy atom. The summed E-state index contributed by atoms with van der Waals surface area (Å²) in [6.07, 6.45) is 0.718. The number of nitrogens with zero attached hydrogens (tertiary/aromatic N) is 4. The van der Waals surface area contributed by atoms with Gasteiger partial charge in [0, 0.05) is 36.0 Å². The fourth-order valence-electron chi connectivity index (χ4n) is 4.74. The van der Waals surface area contributed by atoms with E-state index in [1.807, 2.05) is 17.1 Å². The number of likely N-dealkylation sites (tertiary alicyclic amines) is 1. The van der Waals surface area contributed by atoms with E-state index >= 15 is 0 Å². The van der Waals surface area contributed by atoms with E-state index < -0.39 is 22.6 Å². The lowest BCUT2D eigenvalue weighted by atomic mass is 9.81. The number of ether oxygens (including phenoxy) is 2. The summed E-state index contributed by atoms with van der Waals surface area (Å²) >= 11 is 2.38. The van der Waals surface area contributed by atoms with Crippen LogP contribution in [0.3, 0.4) is 0 Å². The van der Waals surface area contributed by atoms with E-state index in [0.29, 0.717) is 47.7 Å². The Hall–Kier alpha value is -1.63. The maximum atomic E-state index is 13.8. The van der Waals surface area contributed by atoms with Crippen molar-refractivity contribution in [3.8, 4) is 0 Å². The van der Waals surface area contributed by atoms with Crippen LogP contribution in [-0.2, 0) is 40.8 Å². The van der Waals surface area contributed by atoms with Crippen molar-refractivity contribution in [2.45, 2.75) is 57.1 Å². The van der Waals surface area contributed by atoms with Gasteiger partial charge in [0.05, 0.1) is 31.5 Å². The van der Waals surface area contributed by atoms with E-state index in [-0.39, 0.29) is 24.6 Å². The highest BCUT2D eigenvalue weighted by molar-refractivity contribution is 7.98. The molecule has 0 aliphatic carbocycles. The molecule has 1 saturated heterocycles. The predicted octanol–water partition coefficient (Wildman–Crippen LogP) is 3.96. The molecule has 0 amide bonds. The van der Waals surface area contributed by atoms with E-state index in [0.717, 1.165) is 25.1 Å². The average molecular weight is 505 g/mol. The van der Waals surface area contributed by atoms with Gasteiger partial charge in [0.1, 0.15) is 10.5 Å². The van der Waals surface area contributed by atoms with Crippen molar-refractivity contribution >= 4 is 29.1 Å². The summed E-state index contributed by atoms with van der Waals surface area (Å²) in [5.74, 6) is 0.0197. The maximum Gasteiger partial charge on any atom is 0.426 e. The highest BCUT2D eigenvalue weighted by atomic mass is 32.2. The Morgan fingerprint density at radius 2 is 2.24 bits per heavy atom. The van der Waals surface area contributed by atoms with Crippen molar-refractivity contribution in [2.24, 2.45) is 0 Å². The zero-order chi connectivity index (χ0) is 23.8. The molecule has 0 bridgehead atoms. The molecule has 2 aromatic heterocycles. The van der Waals surface area contributed by atoms with Crippen LogP contribution < -0.4 is 0 Å². The third kappa shape index (κ3) is 4.80. The van der Waals surface area contributed by atoms with Gasteiger partial charge in [-0.25, -0.2) is 4.79 Å². The molecule has 7 nitrogen and oxygen atoms in total. The number of methoxy groups -OCH3 is 1. The summed E-state index contributed by atoms with van der Waals surface area (Å²) < 4.78 is 54.1. The van der Waals surface area contributed by atoms with Gasteiger partial charge >= 0.3 is 12.1 Å². The van der Waals surface area contributed by atoms with Gasteiger partial charge in [-0.1, -0.05) is 5.21 Å². The second-order valence-corrected chi connectivity index (χ2v) is 10.4. The number of halogens is 3. The molecule has 2 aliphatic heterocycles. The summed E-state index contributed by atoms with van der Waals surface area (Å²) in [5, 5.41) is 8.44. The standard InChI is InChI=1S/C21H27F3N4O3S2/c1-13-10-20(5-6-27(13)11-14-12-28(26-25-14)7-9-32-3)17-15(4-8-31-20)16(19(29)30-2)18(33-17)21(22,23)24/h12-13H,4-11H2,1-3H3/t13-,20?/m0/s1. The van der Waals surface area contributed by atoms with Crippen molar-refractivity contribution in [2.75, 3.05) is 32.3 Å². The van der Waals surface area contributed by atoms with E-state index in [4.69, 9.17) is 9.47 Å². The molecule has 182 valence electrons. The quantitative estimate of drug-likeness (QED) is 0.552. The Labute approximate surface area is 198 Å². The molecule has 0 radical (unpaired) electrons.